The first kappa shape index (κ1) is 25.4. The third kappa shape index (κ3) is 5.75. The number of nitrogens with one attached hydrogen (secondary N) is 3. The van der Waals surface area contributed by atoms with E-state index in [1.165, 1.54) is 16.9 Å². The molecule has 3 aromatic heterocycles. The lowest BCUT2D eigenvalue weighted by atomic mass is 10.0. The third-order valence-electron chi connectivity index (χ3n) is 5.23. The molecule has 192 valence electrons. The predicted molar refractivity (Wildman–Crippen MR) is 131 cm³/mol. The second kappa shape index (κ2) is 10.5. The fourth-order valence-electron chi connectivity index (χ4n) is 3.56. The van der Waals surface area contributed by atoms with Crippen molar-refractivity contribution in [3.63, 3.8) is 0 Å². The first-order valence-corrected chi connectivity index (χ1v) is 11.0. The van der Waals surface area contributed by atoms with E-state index in [4.69, 9.17) is 11.5 Å². The number of alkyl halides is 3. The summed E-state index contributed by atoms with van der Waals surface area (Å²) in [6.45, 7) is 0.815. The molecular weight excluding hydrogens is 491 g/mol. The number of rotatable bonds is 7. The third-order valence-corrected chi connectivity index (χ3v) is 5.23. The van der Waals surface area contributed by atoms with E-state index in [1.54, 1.807) is 30.5 Å². The molecular formula is C23H22F3N9O2. The number of hydrogen-bond donors (Lipinski definition) is 5. The van der Waals surface area contributed by atoms with Gasteiger partial charge in [-0.2, -0.15) is 18.3 Å². The zero-order valence-corrected chi connectivity index (χ0v) is 19.2. The van der Waals surface area contributed by atoms with E-state index < -0.39 is 17.9 Å². The van der Waals surface area contributed by atoms with Gasteiger partial charge >= 0.3 is 12.2 Å². The fourth-order valence-corrected chi connectivity index (χ4v) is 3.56. The molecule has 0 radical (unpaired) electrons. The zero-order valence-electron chi connectivity index (χ0n) is 19.2. The van der Waals surface area contributed by atoms with Crippen molar-refractivity contribution in [2.24, 2.45) is 5.73 Å². The summed E-state index contributed by atoms with van der Waals surface area (Å²) in [5.74, 6) is -0.435. The molecule has 0 atom stereocenters. The number of nitrogens with two attached hydrogens (primary N) is 2. The summed E-state index contributed by atoms with van der Waals surface area (Å²) in [6, 6.07) is 8.82. The Bertz CT molecular complexity index is 1440. The van der Waals surface area contributed by atoms with Crippen LogP contribution < -0.4 is 27.4 Å². The van der Waals surface area contributed by atoms with Gasteiger partial charge < -0.3 is 22.1 Å². The number of amides is 3. The Balaban J connectivity index is 1.56. The average molecular weight is 513 g/mol. The van der Waals surface area contributed by atoms with Crippen LogP contribution in [0.3, 0.4) is 0 Å². The number of aromatic nitrogens is 4. The number of hydrogen-bond acceptors (Lipinski definition) is 7. The second-order valence-corrected chi connectivity index (χ2v) is 7.82. The van der Waals surface area contributed by atoms with E-state index in [0.717, 1.165) is 12.1 Å². The number of carbonyl (C=O) groups is 2. The first-order chi connectivity index (χ1) is 17.7. The minimum atomic E-state index is -4.64. The smallest absolute Gasteiger partial charge is 0.382 e. The van der Waals surface area contributed by atoms with Crippen LogP contribution in [0, 0.1) is 0 Å². The summed E-state index contributed by atoms with van der Waals surface area (Å²) < 4.78 is 40.0. The van der Waals surface area contributed by atoms with Crippen LogP contribution in [0.5, 0.6) is 0 Å². The highest BCUT2D eigenvalue weighted by molar-refractivity contribution is 6.07. The van der Waals surface area contributed by atoms with Crippen molar-refractivity contribution in [1.82, 2.24) is 24.9 Å². The summed E-state index contributed by atoms with van der Waals surface area (Å²) in [6.07, 6.45) is -1.22. The molecule has 0 saturated carbocycles. The number of halogens is 3. The lowest BCUT2D eigenvalue weighted by Gasteiger charge is -2.11. The molecule has 0 unspecified atom stereocenters. The van der Waals surface area contributed by atoms with Crippen molar-refractivity contribution < 1.29 is 22.8 Å². The molecule has 3 amide bonds. The van der Waals surface area contributed by atoms with Crippen LogP contribution in [0.25, 0.3) is 16.6 Å². The Morgan fingerprint density at radius 2 is 1.81 bits per heavy atom. The van der Waals surface area contributed by atoms with Gasteiger partial charge in [-0.1, -0.05) is 18.2 Å². The molecule has 0 aliphatic carbocycles. The summed E-state index contributed by atoms with van der Waals surface area (Å²) >= 11 is 0. The van der Waals surface area contributed by atoms with Gasteiger partial charge in [-0.25, -0.2) is 19.3 Å². The van der Waals surface area contributed by atoms with Gasteiger partial charge in [-0.15, -0.1) is 0 Å². The van der Waals surface area contributed by atoms with Crippen LogP contribution in [0.2, 0.25) is 0 Å². The highest BCUT2D eigenvalue weighted by atomic mass is 19.4. The maximum absolute atomic E-state index is 12.9. The molecule has 11 nitrogen and oxygen atoms in total. The molecule has 0 aliphatic rings. The van der Waals surface area contributed by atoms with E-state index in [9.17, 15) is 22.8 Å². The van der Waals surface area contributed by atoms with Gasteiger partial charge in [0.25, 0.3) is 5.91 Å². The lowest BCUT2D eigenvalue weighted by molar-refractivity contribution is -0.141. The van der Waals surface area contributed by atoms with E-state index in [2.05, 4.69) is 31.0 Å². The minimum absolute atomic E-state index is 0.168. The molecule has 0 aliphatic heterocycles. The van der Waals surface area contributed by atoms with Gasteiger partial charge in [-0.3, -0.25) is 10.1 Å². The summed E-state index contributed by atoms with van der Waals surface area (Å²) in [7, 11) is 0. The number of pyridine rings is 1. The van der Waals surface area contributed by atoms with Gasteiger partial charge in [0.05, 0.1) is 5.56 Å². The van der Waals surface area contributed by atoms with Gasteiger partial charge in [0.1, 0.15) is 23.4 Å². The quantitative estimate of drug-likeness (QED) is 0.237. The van der Waals surface area contributed by atoms with E-state index in [0.29, 0.717) is 47.4 Å². The van der Waals surface area contributed by atoms with Gasteiger partial charge in [0.15, 0.2) is 5.82 Å². The van der Waals surface area contributed by atoms with Crippen LogP contribution in [0.4, 0.5) is 35.3 Å². The zero-order chi connectivity index (χ0) is 26.6. The van der Waals surface area contributed by atoms with E-state index in [1.807, 2.05) is 0 Å². The van der Waals surface area contributed by atoms with Crippen LogP contribution >= 0.6 is 0 Å². The molecule has 1 aromatic carbocycles. The SMILES string of the molecule is NCCCNC(=O)c1cn2ncnc(N)c2c1-c1ccc(NC(=O)Nc2cccc(C(F)(F)F)n2)cc1. The minimum Gasteiger partial charge on any atom is -0.382 e. The molecule has 3 heterocycles. The normalized spacial score (nSPS) is 11.4. The number of nitrogen functional groups attached to an aromatic ring is 1. The average Bonchev–Trinajstić information content (AvgIpc) is 3.25. The van der Waals surface area contributed by atoms with Gasteiger partial charge in [-0.05, 0) is 42.8 Å². The summed E-state index contributed by atoms with van der Waals surface area (Å²) in [5.41, 5.74) is 12.6. The first-order valence-electron chi connectivity index (χ1n) is 11.0. The lowest BCUT2D eigenvalue weighted by Crippen LogP contribution is -2.26. The molecule has 7 N–H and O–H groups in total. The van der Waals surface area contributed by atoms with Crippen LogP contribution in [-0.2, 0) is 6.18 Å². The molecule has 37 heavy (non-hydrogen) atoms. The predicted octanol–water partition coefficient (Wildman–Crippen LogP) is 3.11. The Labute approximate surface area is 208 Å². The number of nitrogens with zero attached hydrogens (tertiary/aromatic N) is 4. The van der Waals surface area contributed by atoms with E-state index >= 15 is 0 Å². The Morgan fingerprint density at radius 3 is 2.51 bits per heavy atom. The number of benzene rings is 1. The van der Waals surface area contributed by atoms with Crippen LogP contribution in [-0.4, -0.2) is 44.6 Å². The number of anilines is 3. The molecule has 0 saturated heterocycles. The second-order valence-electron chi connectivity index (χ2n) is 7.82. The monoisotopic (exact) mass is 513 g/mol. The highest BCUT2D eigenvalue weighted by Crippen LogP contribution is 2.33. The Morgan fingerprint density at radius 1 is 1.05 bits per heavy atom. The van der Waals surface area contributed by atoms with Crippen molar-refractivity contribution in [2.75, 3.05) is 29.5 Å². The topological polar surface area (TPSA) is 165 Å². The van der Waals surface area contributed by atoms with Gasteiger partial charge in [0.2, 0.25) is 0 Å². The fraction of sp³-hybridized carbons (Fsp3) is 0.174. The summed E-state index contributed by atoms with van der Waals surface area (Å²) in [4.78, 5) is 32.6. The highest BCUT2D eigenvalue weighted by Gasteiger charge is 2.32. The number of carbonyl (C=O) groups excluding carboxylic acids is 2. The van der Waals surface area contributed by atoms with E-state index in [-0.39, 0.29) is 17.5 Å². The largest absolute Gasteiger partial charge is 0.433 e. The maximum Gasteiger partial charge on any atom is 0.433 e. The summed E-state index contributed by atoms with van der Waals surface area (Å²) in [5, 5.41) is 11.7. The Hall–Kier alpha value is -4.72. The number of urea groups is 1. The molecule has 0 spiro atoms. The van der Waals surface area contributed by atoms with Gasteiger partial charge in [0, 0.05) is 24.0 Å². The molecule has 4 aromatic rings. The molecule has 4 rings (SSSR count). The maximum atomic E-state index is 12.9. The molecule has 0 bridgehead atoms. The Kier molecular flexibility index (Phi) is 7.20. The van der Waals surface area contributed by atoms with Crippen LogP contribution in [0.15, 0.2) is 55.0 Å². The van der Waals surface area contributed by atoms with Crippen molar-refractivity contribution in [3.8, 4) is 11.1 Å². The molecule has 0 fully saturated rings. The van der Waals surface area contributed by atoms with Crippen molar-refractivity contribution >= 4 is 34.8 Å². The van der Waals surface area contributed by atoms with Crippen molar-refractivity contribution in [3.05, 3.63) is 66.2 Å². The van der Waals surface area contributed by atoms with Crippen molar-refractivity contribution in [2.45, 2.75) is 12.6 Å². The molecule has 14 heteroatoms. The number of fused-ring (bicyclic) bond motifs is 1. The van der Waals surface area contributed by atoms with Crippen LogP contribution in [0.1, 0.15) is 22.5 Å². The van der Waals surface area contributed by atoms with Crippen molar-refractivity contribution in [1.29, 1.82) is 0 Å². The standard InChI is InChI=1S/C23H22F3N9O2/c24-23(25,26)16-3-1-4-17(33-16)34-22(37)32-14-7-5-13(6-8-14)18-15(21(36)29-10-2-9-27)11-35-19(18)20(28)30-12-31-35/h1,3-8,11-12H,2,9-10,27H2,(H,29,36)(H2,28,30,31)(H2,32,33,34,37).